The van der Waals surface area contributed by atoms with Gasteiger partial charge < -0.3 is 0 Å². The largest absolute Gasteiger partial charge is 0.103 e. The maximum Gasteiger partial charge on any atom is -0.0255 e. The predicted octanol–water partition coefficient (Wildman–Crippen LogP) is 4.56. The average molecular weight is 192 g/mol. The van der Waals surface area contributed by atoms with Crippen LogP contribution < -0.4 is 0 Å². The summed E-state index contributed by atoms with van der Waals surface area (Å²) in [4.78, 5) is 0. The fraction of sp³-hybridized carbons (Fsp3) is 0.857. The van der Waals surface area contributed by atoms with Gasteiger partial charge >= 0.3 is 0 Å². The molecule has 0 aliphatic heterocycles. The van der Waals surface area contributed by atoms with E-state index < -0.39 is 0 Å². The van der Waals surface area contributed by atoms with Crippen molar-refractivity contribution in [1.29, 1.82) is 0 Å². The summed E-state index contributed by atoms with van der Waals surface area (Å²) in [6, 6.07) is 0. The van der Waals surface area contributed by atoms with Crippen LogP contribution in [0.3, 0.4) is 0 Å². The lowest BCUT2D eigenvalue weighted by molar-refractivity contribution is 0.00239. The van der Waals surface area contributed by atoms with Gasteiger partial charge in [0.05, 0.1) is 0 Å². The van der Waals surface area contributed by atoms with E-state index in [-0.39, 0.29) is 0 Å². The minimum absolute atomic E-state index is 0.590. The Morgan fingerprint density at radius 3 is 2.86 bits per heavy atom. The third-order valence-electron chi connectivity index (χ3n) is 4.31. The first-order valence-electron chi connectivity index (χ1n) is 6.16. The van der Waals surface area contributed by atoms with E-state index in [9.17, 15) is 0 Å². The molecule has 0 aromatic rings. The molecule has 0 heteroatoms. The summed E-state index contributed by atoms with van der Waals surface area (Å²) in [7, 11) is 0. The van der Waals surface area contributed by atoms with Gasteiger partial charge in [-0.15, -0.1) is 6.58 Å². The Kier molecular flexibility index (Phi) is 2.49. The first kappa shape index (κ1) is 10.3. The zero-order chi connectivity index (χ0) is 10.2. The van der Waals surface area contributed by atoms with Gasteiger partial charge in [-0.2, -0.15) is 0 Å². The van der Waals surface area contributed by atoms with Crippen molar-refractivity contribution in [2.24, 2.45) is 16.7 Å². The number of rotatable bonds is 2. The van der Waals surface area contributed by atoms with Crippen molar-refractivity contribution in [3.05, 3.63) is 12.7 Å². The van der Waals surface area contributed by atoms with Crippen molar-refractivity contribution in [1.82, 2.24) is 0 Å². The summed E-state index contributed by atoms with van der Waals surface area (Å²) in [5, 5.41) is 0. The second-order valence-corrected chi connectivity index (χ2v) is 6.50. The summed E-state index contributed by atoms with van der Waals surface area (Å²) in [6.45, 7) is 8.87. The molecular weight excluding hydrogens is 168 g/mol. The van der Waals surface area contributed by atoms with Crippen LogP contribution in [0.1, 0.15) is 58.8 Å². The van der Waals surface area contributed by atoms with Crippen molar-refractivity contribution in [3.8, 4) is 0 Å². The van der Waals surface area contributed by atoms with Gasteiger partial charge in [-0.3, -0.25) is 0 Å². The molecule has 0 aromatic carbocycles. The molecule has 0 saturated heterocycles. The van der Waals surface area contributed by atoms with Gasteiger partial charge in [0.1, 0.15) is 0 Å². The van der Waals surface area contributed by atoms with E-state index in [2.05, 4.69) is 26.5 Å². The van der Waals surface area contributed by atoms with Gasteiger partial charge in [0.25, 0.3) is 0 Å². The Balaban J connectivity index is 2.17. The van der Waals surface area contributed by atoms with Gasteiger partial charge in [0.15, 0.2) is 0 Å². The molecule has 2 atom stereocenters. The molecule has 0 N–H and O–H groups in total. The molecule has 0 nitrogen and oxygen atoms in total. The van der Waals surface area contributed by atoms with Gasteiger partial charge in [-0.25, -0.2) is 0 Å². The molecule has 2 unspecified atom stereocenters. The molecule has 0 amide bonds. The van der Waals surface area contributed by atoms with E-state index >= 15 is 0 Å². The lowest BCUT2D eigenvalue weighted by atomic mass is 9.54. The molecule has 80 valence electrons. The van der Waals surface area contributed by atoms with E-state index in [4.69, 9.17) is 0 Å². The standard InChI is InChI=1S/C14H24/c1-4-7-14-8-5-6-12(10-14)9-13(2,3)11-14/h4,12H,1,5-11H2,2-3H3. The van der Waals surface area contributed by atoms with Crippen LogP contribution in [-0.4, -0.2) is 0 Å². The van der Waals surface area contributed by atoms with Crippen molar-refractivity contribution < 1.29 is 0 Å². The Morgan fingerprint density at radius 1 is 1.36 bits per heavy atom. The van der Waals surface area contributed by atoms with Crippen LogP contribution in [0.15, 0.2) is 12.7 Å². The molecule has 0 aromatic heterocycles. The average Bonchev–Trinajstić information content (AvgIpc) is 2.00. The highest BCUT2D eigenvalue weighted by atomic mass is 14.5. The van der Waals surface area contributed by atoms with Gasteiger partial charge in [-0.05, 0) is 48.9 Å². The summed E-state index contributed by atoms with van der Waals surface area (Å²) in [5.74, 6) is 1.02. The summed E-state index contributed by atoms with van der Waals surface area (Å²) >= 11 is 0. The molecule has 0 heterocycles. The minimum Gasteiger partial charge on any atom is -0.103 e. The Hall–Kier alpha value is -0.260. The smallest absolute Gasteiger partial charge is 0.0255 e. The monoisotopic (exact) mass is 192 g/mol. The second kappa shape index (κ2) is 3.40. The van der Waals surface area contributed by atoms with Crippen LogP contribution in [0.5, 0.6) is 0 Å². The molecule has 2 bridgehead atoms. The molecule has 0 spiro atoms. The van der Waals surface area contributed by atoms with Crippen LogP contribution in [-0.2, 0) is 0 Å². The van der Waals surface area contributed by atoms with Crippen LogP contribution in [0.2, 0.25) is 0 Å². The Morgan fingerprint density at radius 2 is 2.14 bits per heavy atom. The molecule has 2 aliphatic rings. The predicted molar refractivity (Wildman–Crippen MR) is 62.2 cm³/mol. The number of hydrogen-bond donors (Lipinski definition) is 0. The summed E-state index contributed by atoms with van der Waals surface area (Å²) < 4.78 is 0. The molecule has 2 rings (SSSR count). The lowest BCUT2D eigenvalue weighted by Crippen LogP contribution is -2.40. The maximum absolute atomic E-state index is 3.94. The Labute approximate surface area is 88.8 Å². The topological polar surface area (TPSA) is 0 Å². The van der Waals surface area contributed by atoms with Crippen LogP contribution in [0.4, 0.5) is 0 Å². The van der Waals surface area contributed by atoms with Crippen LogP contribution in [0.25, 0.3) is 0 Å². The fourth-order valence-corrected chi connectivity index (χ4v) is 4.35. The molecule has 2 saturated carbocycles. The zero-order valence-electron chi connectivity index (χ0n) is 9.81. The SMILES string of the molecule is C=CCC12CCCC(CC(C)(C)C1)C2. The van der Waals surface area contributed by atoms with Crippen LogP contribution in [0, 0.1) is 16.7 Å². The van der Waals surface area contributed by atoms with Crippen LogP contribution >= 0.6 is 0 Å². The molecule has 14 heavy (non-hydrogen) atoms. The fourth-order valence-electron chi connectivity index (χ4n) is 4.35. The first-order chi connectivity index (χ1) is 6.55. The Bertz CT molecular complexity index is 226. The molecule has 2 fully saturated rings. The highest BCUT2D eigenvalue weighted by Gasteiger charge is 2.45. The van der Waals surface area contributed by atoms with Crippen molar-refractivity contribution >= 4 is 0 Å². The molecular formula is C14H24. The van der Waals surface area contributed by atoms with E-state index in [0.717, 1.165) is 5.92 Å². The summed E-state index contributed by atoms with van der Waals surface area (Å²) in [6.07, 6.45) is 12.2. The lowest BCUT2D eigenvalue weighted by Gasteiger charge is -2.51. The number of fused-ring (bicyclic) bond motifs is 2. The highest BCUT2D eigenvalue weighted by Crippen LogP contribution is 2.57. The third kappa shape index (κ3) is 1.89. The zero-order valence-corrected chi connectivity index (χ0v) is 9.81. The van der Waals surface area contributed by atoms with E-state index in [1.54, 1.807) is 0 Å². The number of allylic oxidation sites excluding steroid dienone is 1. The summed E-state index contributed by atoms with van der Waals surface area (Å²) in [5.41, 5.74) is 1.23. The van der Waals surface area contributed by atoms with Crippen molar-refractivity contribution in [2.45, 2.75) is 58.8 Å². The molecule has 2 aliphatic carbocycles. The minimum atomic E-state index is 0.590. The first-order valence-corrected chi connectivity index (χ1v) is 6.16. The van der Waals surface area contributed by atoms with E-state index in [1.165, 1.54) is 44.9 Å². The van der Waals surface area contributed by atoms with Gasteiger partial charge in [-0.1, -0.05) is 32.8 Å². The van der Waals surface area contributed by atoms with E-state index in [1.807, 2.05) is 0 Å². The molecule has 0 radical (unpaired) electrons. The van der Waals surface area contributed by atoms with E-state index in [0.29, 0.717) is 10.8 Å². The quantitative estimate of drug-likeness (QED) is 0.563. The van der Waals surface area contributed by atoms with Gasteiger partial charge in [0, 0.05) is 0 Å². The van der Waals surface area contributed by atoms with Crippen molar-refractivity contribution in [3.63, 3.8) is 0 Å². The van der Waals surface area contributed by atoms with Crippen molar-refractivity contribution in [2.75, 3.05) is 0 Å². The highest BCUT2D eigenvalue weighted by molar-refractivity contribution is 4.99. The third-order valence-corrected chi connectivity index (χ3v) is 4.31. The second-order valence-electron chi connectivity index (χ2n) is 6.50. The normalized spacial score (nSPS) is 40.6. The van der Waals surface area contributed by atoms with Gasteiger partial charge in [0.2, 0.25) is 0 Å². The number of hydrogen-bond acceptors (Lipinski definition) is 0. The maximum atomic E-state index is 3.94.